The van der Waals surface area contributed by atoms with Crippen molar-refractivity contribution in [3.8, 4) is 92.4 Å². The van der Waals surface area contributed by atoms with Gasteiger partial charge in [0.1, 0.15) is 44.0 Å². The summed E-state index contributed by atoms with van der Waals surface area (Å²) >= 11 is 9.01. The zero-order valence-electron chi connectivity index (χ0n) is 64.5. The third-order valence-corrected chi connectivity index (χ3v) is 19.5. The van der Waals surface area contributed by atoms with Crippen LogP contribution < -0.4 is 22.9 Å². The molecule has 15 rings (SSSR count). The molecule has 588 valence electrons. The quantitative estimate of drug-likeness (QED) is 0.0406. The lowest BCUT2D eigenvalue weighted by atomic mass is 10.1. The Hall–Kier alpha value is -12.3. The molecule has 2 unspecified atom stereocenters. The van der Waals surface area contributed by atoms with Crippen molar-refractivity contribution in [2.45, 2.75) is 110 Å². The summed E-state index contributed by atoms with van der Waals surface area (Å²) < 4.78 is 23.9. The molecule has 0 amide bonds. The van der Waals surface area contributed by atoms with Crippen molar-refractivity contribution >= 4 is 102 Å². The number of methoxy groups -OCH3 is 2. The van der Waals surface area contributed by atoms with E-state index in [1.165, 1.54) is 28.9 Å². The van der Waals surface area contributed by atoms with Gasteiger partial charge in [-0.2, -0.15) is 0 Å². The van der Waals surface area contributed by atoms with Gasteiger partial charge in [0.05, 0.1) is 119 Å². The molecule has 30 nitrogen and oxygen atoms in total. The highest BCUT2D eigenvalue weighted by Gasteiger charge is 2.27. The molecule has 1 fully saturated rings. The Morgan fingerprint density at radius 1 is 0.461 bits per heavy atom. The van der Waals surface area contributed by atoms with Gasteiger partial charge in [-0.1, -0.05) is 35.3 Å². The van der Waals surface area contributed by atoms with Gasteiger partial charge in [0.15, 0.2) is 11.2 Å². The molecule has 0 aromatic carbocycles. The molecular weight excluding hydrogens is 1520 g/mol. The maximum Gasteiger partial charge on any atom is 0.220 e. The Labute approximate surface area is 674 Å². The number of fused-ring (bicyclic) bond motifs is 4. The van der Waals surface area contributed by atoms with Crippen molar-refractivity contribution in [2.24, 2.45) is 5.92 Å². The molecule has 1 saturated heterocycles. The summed E-state index contributed by atoms with van der Waals surface area (Å²) in [6.07, 6.45) is 24.6. The maximum atomic E-state index is 10.6. The van der Waals surface area contributed by atoms with Crippen molar-refractivity contribution in [3.05, 3.63) is 178 Å². The molecule has 15 heterocycles. The second-order valence-electron chi connectivity index (χ2n) is 28.6. The third-order valence-electron chi connectivity index (χ3n) is 17.3. The van der Waals surface area contributed by atoms with E-state index in [9.17, 15) is 25.5 Å². The van der Waals surface area contributed by atoms with Crippen LogP contribution in [0, 0.1) is 53.3 Å². The first-order valence-corrected chi connectivity index (χ1v) is 38.0. The minimum atomic E-state index is -1.37. The van der Waals surface area contributed by atoms with Crippen molar-refractivity contribution in [1.29, 1.82) is 0 Å². The molecule has 0 spiro atoms. The fourth-order valence-corrected chi connectivity index (χ4v) is 13.4. The highest BCUT2D eigenvalue weighted by atomic mass is 35.5. The van der Waals surface area contributed by atoms with E-state index < -0.39 is 28.0 Å². The largest absolute Gasteiger partial charge is 0.389 e. The second-order valence-corrected chi connectivity index (χ2v) is 30.8. The minimum Gasteiger partial charge on any atom is -0.389 e. The first kappa shape index (κ1) is 82.2. The number of halogens is 1. The lowest BCUT2D eigenvalue weighted by Crippen LogP contribution is -2.31. The highest BCUT2D eigenvalue weighted by molar-refractivity contribution is 7.10. The number of nitrogens with two attached hydrogens (primary N) is 4. The summed E-state index contributed by atoms with van der Waals surface area (Å²) in [6, 6.07) is 12.9. The van der Waals surface area contributed by atoms with E-state index in [1.807, 2.05) is 70.3 Å². The van der Waals surface area contributed by atoms with Crippen LogP contribution in [0.3, 0.4) is 0 Å². The van der Waals surface area contributed by atoms with Crippen LogP contribution in [0.15, 0.2) is 140 Å². The van der Waals surface area contributed by atoms with Gasteiger partial charge >= 0.3 is 0 Å². The molecule has 14 aromatic heterocycles. The number of aromatic nitrogens is 18. The number of rotatable bonds is 16. The van der Waals surface area contributed by atoms with Gasteiger partial charge < -0.3 is 80.9 Å². The van der Waals surface area contributed by atoms with Crippen molar-refractivity contribution in [1.82, 2.24) is 88.0 Å². The van der Waals surface area contributed by atoms with Crippen LogP contribution in [0.2, 0.25) is 5.02 Å². The molecule has 1 aliphatic heterocycles. The normalized spacial score (nSPS) is 13.2. The van der Waals surface area contributed by atoms with Crippen molar-refractivity contribution in [2.75, 3.05) is 63.6 Å². The molecular formula is C82H83ClN22O8S2. The summed E-state index contributed by atoms with van der Waals surface area (Å²) in [4.78, 5) is 59.2. The molecule has 14 aromatic rings. The van der Waals surface area contributed by atoms with Crippen LogP contribution in [0.25, 0.3) is 88.6 Å². The summed E-state index contributed by atoms with van der Waals surface area (Å²) in [7, 11) is 3.31. The van der Waals surface area contributed by atoms with Gasteiger partial charge in [-0.15, -0.1) is 22.7 Å². The van der Waals surface area contributed by atoms with E-state index in [2.05, 4.69) is 132 Å². The molecule has 1 aliphatic rings. The fraction of sp³-hybridized carbons (Fsp3) is 0.293. The minimum absolute atomic E-state index is 0.142. The van der Waals surface area contributed by atoms with E-state index >= 15 is 0 Å². The van der Waals surface area contributed by atoms with Gasteiger partial charge in [-0.3, -0.25) is 0 Å². The molecule has 115 heavy (non-hydrogen) atoms. The highest BCUT2D eigenvalue weighted by Crippen LogP contribution is 2.37. The van der Waals surface area contributed by atoms with E-state index in [1.54, 1.807) is 136 Å². The molecule has 0 saturated carbocycles. The van der Waals surface area contributed by atoms with E-state index in [4.69, 9.17) is 48.7 Å². The monoisotopic (exact) mass is 1600 g/mol. The number of nitrogen functional groups attached to an aromatic ring is 4. The predicted molar refractivity (Wildman–Crippen MR) is 444 cm³/mol. The topological polar surface area (TPSA) is 433 Å². The zero-order valence-corrected chi connectivity index (χ0v) is 66.9. The summed E-state index contributed by atoms with van der Waals surface area (Å²) in [6.45, 7) is 18.4. The number of nitrogens with zero attached hydrogens (tertiary/aromatic N) is 18. The van der Waals surface area contributed by atoms with Crippen LogP contribution in [-0.2, 0) is 51.6 Å². The smallest absolute Gasteiger partial charge is 0.220 e. The average Bonchev–Trinajstić information content (AvgIpc) is 1.64. The van der Waals surface area contributed by atoms with E-state index in [0.717, 1.165) is 91.3 Å². The number of hydrogen-bond acceptors (Lipinski definition) is 28. The number of anilines is 4. The Balaban J connectivity index is 0.000000142. The first-order chi connectivity index (χ1) is 54.8. The Bertz CT molecular complexity index is 6110. The van der Waals surface area contributed by atoms with Crippen LogP contribution >= 0.6 is 34.3 Å². The fourth-order valence-electron chi connectivity index (χ4n) is 11.9. The molecule has 33 heteroatoms. The van der Waals surface area contributed by atoms with Crippen LogP contribution in [0.4, 0.5) is 23.8 Å². The number of aliphatic hydroxyl groups is 5. The number of hydrogen-bond donors (Lipinski definition) is 9. The van der Waals surface area contributed by atoms with Crippen molar-refractivity contribution in [3.63, 3.8) is 0 Å². The lowest BCUT2D eigenvalue weighted by molar-refractivity contribution is -0.0388. The standard InChI is InChI=1S/C22H22N6O2S.C21H20N6O2S.C20H21N5O2.C19H20ClN5O2/c1-21(2,29)13-28-12-16(17-5-7-25-20(23)27-17)15-10-14(26-11-18(15)28)4-6-22(3,30)19-24-8-9-31-19;1-21(28,19-23-7-10-30-19)5-3-14-11-15-16(17-4-6-24-20(22)26-17)13-27(8-9-29-2)18(15)12-25-14;1-20(2,26)5-3-14-7-15-16(17-4-6-22-19(21)24-17)10-25(18(15)8-23-14)9-13-11-27-12-13;1-19(2,26)5-4-12-8-13-14(17-15(20)9-23-18(21)24-17)11-25(6-7-27-3)16(13)10-22-12/h5,7-12,29-30H,13H2,1-3H3,(H2,23,25,27);4,6-7,10-13,28H,8-9H2,1-2H3,(H2,22,24,26);4,6-8,10,13,26H,9,11-12H2,1-2H3,(H2,21,22,24);8-11,26H,6-7H2,1-3H3,(H2,21,23,24). The number of pyridine rings is 4. The molecule has 0 bridgehead atoms. The molecule has 0 radical (unpaired) electrons. The van der Waals surface area contributed by atoms with Gasteiger partial charge in [0, 0.05) is 150 Å². The summed E-state index contributed by atoms with van der Waals surface area (Å²) in [5, 5.41) is 59.9. The maximum absolute atomic E-state index is 10.6. The van der Waals surface area contributed by atoms with Crippen LogP contribution in [-0.4, -0.2) is 171 Å². The summed E-state index contributed by atoms with van der Waals surface area (Å²) in [5.41, 5.74) is 29.2. The average molecular weight is 1600 g/mol. The first-order valence-electron chi connectivity index (χ1n) is 35.9. The zero-order chi connectivity index (χ0) is 82.0. The Morgan fingerprint density at radius 2 is 0.826 bits per heavy atom. The van der Waals surface area contributed by atoms with E-state index in [0.29, 0.717) is 93.7 Å². The second kappa shape index (κ2) is 35.0. The van der Waals surface area contributed by atoms with Crippen LogP contribution in [0.5, 0.6) is 0 Å². The van der Waals surface area contributed by atoms with Crippen LogP contribution in [0.1, 0.15) is 88.2 Å². The lowest BCUT2D eigenvalue weighted by Gasteiger charge is -2.26. The number of thiazole rings is 2. The molecule has 13 N–H and O–H groups in total. The Morgan fingerprint density at radius 3 is 1.19 bits per heavy atom. The summed E-state index contributed by atoms with van der Waals surface area (Å²) in [5.74, 6) is 24.3. The van der Waals surface area contributed by atoms with Crippen molar-refractivity contribution < 1.29 is 39.7 Å². The molecule has 0 aliphatic carbocycles. The van der Waals surface area contributed by atoms with E-state index in [-0.39, 0.29) is 23.8 Å². The molecule has 2 atom stereocenters. The van der Waals surface area contributed by atoms with Gasteiger partial charge in [0.25, 0.3) is 0 Å². The number of ether oxygens (including phenoxy) is 3. The van der Waals surface area contributed by atoms with Gasteiger partial charge in [-0.05, 0) is 122 Å². The third kappa shape index (κ3) is 21.0. The van der Waals surface area contributed by atoms with Gasteiger partial charge in [0.2, 0.25) is 23.8 Å². The van der Waals surface area contributed by atoms with Gasteiger partial charge in [-0.25, -0.2) is 69.8 Å². The Kier molecular flexibility index (Phi) is 25.0. The predicted octanol–water partition coefficient (Wildman–Crippen LogP) is 9.34. The SMILES string of the molecule is CC(C)(O)C#Cc1cc2c(-c3ccnc(N)n3)cn(CC3COC3)c2cn1.CC(C)(O)Cn1cc(-c2ccnc(N)n2)c2cc(C#CC(C)(O)c3nccs3)ncc21.COCCn1cc(-c2ccnc(N)n2)c2cc(C#CC(C)(O)c3nccs3)ncc21.COCCn1cc(-c2nc(N)ncc2Cl)c2cc(C#CC(C)(C)O)ncc21.